The Balaban J connectivity index is 1.76. The topological polar surface area (TPSA) is 60.8 Å². The fourth-order valence-electron chi connectivity index (χ4n) is 5.52. The van der Waals surface area contributed by atoms with Crippen molar-refractivity contribution in [3.05, 3.63) is 64.3 Å². The van der Waals surface area contributed by atoms with Gasteiger partial charge in [-0.3, -0.25) is 0 Å². The SMILES string of the molecule is COc1cnc(Cl)nc1[C@]12CC[C@@H](c3cc(-c4c(F)cccc4F)nnc31)C2(C)C. The van der Waals surface area contributed by atoms with E-state index in [-0.39, 0.29) is 27.9 Å². The molecule has 0 radical (unpaired) electrons. The number of aromatic nitrogens is 4. The predicted molar refractivity (Wildman–Crippen MR) is 108 cm³/mol. The number of halogens is 3. The highest BCUT2D eigenvalue weighted by molar-refractivity contribution is 6.28. The Hall–Kier alpha value is -2.67. The molecular weight excluding hydrogens is 410 g/mol. The molecule has 1 saturated carbocycles. The zero-order valence-electron chi connectivity index (χ0n) is 16.7. The quantitative estimate of drug-likeness (QED) is 0.544. The third kappa shape index (κ3) is 2.32. The number of fused-ring (bicyclic) bond motifs is 5. The second-order valence-corrected chi connectivity index (χ2v) is 8.74. The molecule has 5 nitrogen and oxygen atoms in total. The third-order valence-electron chi connectivity index (χ3n) is 6.95. The maximum absolute atomic E-state index is 14.4. The van der Waals surface area contributed by atoms with Crippen molar-refractivity contribution in [1.82, 2.24) is 20.2 Å². The number of benzene rings is 1. The van der Waals surface area contributed by atoms with Crippen molar-refractivity contribution in [2.75, 3.05) is 7.11 Å². The molecular formula is C22H19ClF2N4O. The Morgan fingerprint density at radius 2 is 1.87 bits per heavy atom. The molecule has 2 aliphatic carbocycles. The van der Waals surface area contributed by atoms with Crippen LogP contribution in [-0.2, 0) is 5.41 Å². The first-order valence-electron chi connectivity index (χ1n) is 9.70. The van der Waals surface area contributed by atoms with E-state index in [9.17, 15) is 8.78 Å². The van der Waals surface area contributed by atoms with E-state index in [1.54, 1.807) is 19.4 Å². The molecule has 2 atom stereocenters. The fraction of sp³-hybridized carbons (Fsp3) is 0.364. The van der Waals surface area contributed by atoms with Gasteiger partial charge in [0, 0.05) is 0 Å². The highest BCUT2D eigenvalue weighted by atomic mass is 35.5. The molecule has 0 unspecified atom stereocenters. The van der Waals surface area contributed by atoms with Crippen LogP contribution in [0.2, 0.25) is 5.28 Å². The molecule has 154 valence electrons. The fourth-order valence-corrected chi connectivity index (χ4v) is 5.65. The number of nitrogens with zero attached hydrogens (tertiary/aromatic N) is 4. The van der Waals surface area contributed by atoms with Gasteiger partial charge in [0.2, 0.25) is 5.28 Å². The van der Waals surface area contributed by atoms with E-state index in [1.165, 1.54) is 18.2 Å². The van der Waals surface area contributed by atoms with Crippen molar-refractivity contribution in [3.63, 3.8) is 0 Å². The van der Waals surface area contributed by atoms with Crippen LogP contribution in [0.15, 0.2) is 30.5 Å². The molecule has 2 bridgehead atoms. The van der Waals surface area contributed by atoms with Crippen molar-refractivity contribution < 1.29 is 13.5 Å². The van der Waals surface area contributed by atoms with Crippen LogP contribution in [0.25, 0.3) is 11.3 Å². The van der Waals surface area contributed by atoms with Crippen molar-refractivity contribution in [2.45, 2.75) is 38.0 Å². The molecule has 1 aromatic carbocycles. The van der Waals surface area contributed by atoms with Crippen molar-refractivity contribution in [3.8, 4) is 17.0 Å². The highest BCUT2D eigenvalue weighted by Gasteiger charge is 2.66. The van der Waals surface area contributed by atoms with Crippen LogP contribution in [0.1, 0.15) is 49.6 Å². The smallest absolute Gasteiger partial charge is 0.222 e. The second-order valence-electron chi connectivity index (χ2n) is 8.40. The summed E-state index contributed by atoms with van der Waals surface area (Å²) in [6.07, 6.45) is 3.25. The third-order valence-corrected chi connectivity index (χ3v) is 7.13. The van der Waals surface area contributed by atoms with Gasteiger partial charge in [-0.2, -0.15) is 5.10 Å². The zero-order valence-corrected chi connectivity index (χ0v) is 17.5. The molecule has 5 rings (SSSR count). The molecule has 0 saturated heterocycles. The lowest BCUT2D eigenvalue weighted by Crippen LogP contribution is -2.38. The van der Waals surface area contributed by atoms with E-state index < -0.39 is 17.0 Å². The molecule has 1 fully saturated rings. The summed E-state index contributed by atoms with van der Waals surface area (Å²) >= 11 is 6.15. The standard InChI is InChI=1S/C22H19ClF2N4O/c1-21(2)12-7-8-22(21,19-16(30-3)10-26-20(23)27-19)18-11(12)9-15(28-29-18)17-13(24)5-4-6-14(17)25/h4-6,9-10,12H,7-8H2,1-3H3/t12-,22-/m0/s1. The first-order valence-corrected chi connectivity index (χ1v) is 10.1. The largest absolute Gasteiger partial charge is 0.493 e. The van der Waals surface area contributed by atoms with Crippen LogP contribution in [0.5, 0.6) is 5.75 Å². The molecule has 0 N–H and O–H groups in total. The lowest BCUT2D eigenvalue weighted by Gasteiger charge is -2.37. The Morgan fingerprint density at radius 3 is 2.57 bits per heavy atom. The Morgan fingerprint density at radius 1 is 1.13 bits per heavy atom. The van der Waals surface area contributed by atoms with Crippen LogP contribution in [-0.4, -0.2) is 27.3 Å². The van der Waals surface area contributed by atoms with Gasteiger partial charge in [-0.1, -0.05) is 19.9 Å². The molecule has 2 aromatic heterocycles. The van der Waals surface area contributed by atoms with E-state index in [1.807, 2.05) is 0 Å². The van der Waals surface area contributed by atoms with E-state index in [4.69, 9.17) is 16.3 Å². The lowest BCUT2D eigenvalue weighted by molar-refractivity contribution is 0.235. The number of hydrogen-bond donors (Lipinski definition) is 0. The molecule has 2 heterocycles. The van der Waals surface area contributed by atoms with Crippen molar-refractivity contribution in [2.24, 2.45) is 5.41 Å². The highest BCUT2D eigenvalue weighted by Crippen LogP contribution is 2.70. The van der Waals surface area contributed by atoms with Crippen molar-refractivity contribution >= 4 is 11.6 Å². The summed E-state index contributed by atoms with van der Waals surface area (Å²) in [6, 6.07) is 5.55. The Kier molecular flexibility index (Phi) is 4.13. The number of hydrogen-bond acceptors (Lipinski definition) is 5. The Bertz CT molecular complexity index is 1170. The predicted octanol–water partition coefficient (Wildman–Crippen LogP) is 5.08. The van der Waals surface area contributed by atoms with Gasteiger partial charge in [-0.15, -0.1) is 5.10 Å². The molecule has 0 spiro atoms. The summed E-state index contributed by atoms with van der Waals surface area (Å²) in [5, 5.41) is 8.87. The van der Waals surface area contributed by atoms with Gasteiger partial charge < -0.3 is 4.74 Å². The van der Waals surface area contributed by atoms with Crippen LogP contribution >= 0.6 is 11.6 Å². The first-order chi connectivity index (χ1) is 14.3. The number of methoxy groups -OCH3 is 1. The van der Waals surface area contributed by atoms with Crippen LogP contribution < -0.4 is 4.74 Å². The summed E-state index contributed by atoms with van der Waals surface area (Å²) < 4.78 is 34.3. The molecule has 8 heteroatoms. The Labute approximate surface area is 177 Å². The lowest BCUT2D eigenvalue weighted by atomic mass is 9.66. The maximum atomic E-state index is 14.4. The number of ether oxygens (including phenoxy) is 1. The minimum Gasteiger partial charge on any atom is -0.493 e. The molecule has 3 aromatic rings. The average Bonchev–Trinajstić information content (AvgIpc) is 3.09. The number of rotatable bonds is 3. The van der Waals surface area contributed by atoms with Crippen molar-refractivity contribution in [1.29, 1.82) is 0 Å². The van der Waals surface area contributed by atoms with Gasteiger partial charge in [-0.25, -0.2) is 18.7 Å². The van der Waals surface area contributed by atoms with E-state index in [0.717, 1.165) is 24.1 Å². The van der Waals surface area contributed by atoms with Gasteiger partial charge in [0.05, 0.1) is 35.7 Å². The normalized spacial score (nSPS) is 23.5. The second kappa shape index (κ2) is 6.41. The monoisotopic (exact) mass is 428 g/mol. The van der Waals surface area contributed by atoms with E-state index in [0.29, 0.717) is 11.4 Å². The van der Waals surface area contributed by atoms with Gasteiger partial charge in [0.15, 0.2) is 5.75 Å². The average molecular weight is 429 g/mol. The summed E-state index contributed by atoms with van der Waals surface area (Å²) in [6.45, 7) is 4.32. The molecule has 0 aliphatic heterocycles. The van der Waals surface area contributed by atoms with Gasteiger partial charge in [0.1, 0.15) is 17.3 Å². The van der Waals surface area contributed by atoms with E-state index in [2.05, 4.69) is 34.0 Å². The van der Waals surface area contributed by atoms with Crippen LogP contribution in [0.4, 0.5) is 8.78 Å². The molecule has 2 aliphatic rings. The minimum absolute atomic E-state index is 0.130. The molecule has 30 heavy (non-hydrogen) atoms. The van der Waals surface area contributed by atoms with Crippen LogP contribution in [0, 0.1) is 17.0 Å². The first kappa shape index (κ1) is 19.3. The van der Waals surface area contributed by atoms with Gasteiger partial charge in [-0.05, 0) is 59.5 Å². The molecule has 0 amide bonds. The van der Waals surface area contributed by atoms with E-state index >= 15 is 0 Å². The van der Waals surface area contributed by atoms with Gasteiger partial charge in [0.25, 0.3) is 0 Å². The zero-order chi connectivity index (χ0) is 21.3. The summed E-state index contributed by atoms with van der Waals surface area (Å²) in [5.41, 5.74) is 1.55. The van der Waals surface area contributed by atoms with Gasteiger partial charge >= 0.3 is 0 Å². The summed E-state index contributed by atoms with van der Waals surface area (Å²) in [5.74, 6) is -0.654. The minimum atomic E-state index is -0.661. The maximum Gasteiger partial charge on any atom is 0.222 e. The summed E-state index contributed by atoms with van der Waals surface area (Å²) in [7, 11) is 1.57. The van der Waals surface area contributed by atoms with Crippen LogP contribution in [0.3, 0.4) is 0 Å². The summed E-state index contributed by atoms with van der Waals surface area (Å²) in [4.78, 5) is 8.59.